The van der Waals surface area contributed by atoms with Crippen molar-refractivity contribution in [1.29, 1.82) is 0 Å². The summed E-state index contributed by atoms with van der Waals surface area (Å²) in [4.78, 5) is 11.7. The van der Waals surface area contributed by atoms with Gasteiger partial charge in [0, 0.05) is 18.7 Å². The van der Waals surface area contributed by atoms with E-state index in [4.69, 9.17) is 10.5 Å². The van der Waals surface area contributed by atoms with Crippen LogP contribution < -0.4 is 11.1 Å². The van der Waals surface area contributed by atoms with Crippen LogP contribution in [-0.4, -0.2) is 30.3 Å². The Labute approximate surface area is 101 Å². The predicted octanol–water partition coefficient (Wildman–Crippen LogP) is 1.13. The zero-order valence-electron chi connectivity index (χ0n) is 10.1. The minimum atomic E-state index is -0.258. The molecule has 0 spiro atoms. The van der Waals surface area contributed by atoms with Gasteiger partial charge in [0.25, 0.3) is 5.91 Å². The summed E-state index contributed by atoms with van der Waals surface area (Å²) < 4.78 is 5.29. The van der Waals surface area contributed by atoms with Gasteiger partial charge in [0.05, 0.1) is 11.8 Å². The third-order valence-corrected chi connectivity index (χ3v) is 2.29. The van der Waals surface area contributed by atoms with E-state index >= 15 is 0 Å². The van der Waals surface area contributed by atoms with Gasteiger partial charge in [-0.05, 0) is 32.0 Å². The Balaban J connectivity index is 2.55. The van der Waals surface area contributed by atoms with Gasteiger partial charge in [-0.2, -0.15) is 0 Å². The fourth-order valence-electron chi connectivity index (χ4n) is 1.37. The Bertz CT molecular complexity index is 393. The summed E-state index contributed by atoms with van der Waals surface area (Å²) in [7, 11) is 0. The van der Waals surface area contributed by atoms with Crippen molar-refractivity contribution in [2.24, 2.45) is 0 Å². The van der Waals surface area contributed by atoms with E-state index in [9.17, 15) is 9.90 Å². The first-order valence-electron chi connectivity index (χ1n) is 5.53. The number of ether oxygens (including phenoxy) is 1. The first kappa shape index (κ1) is 13.3. The van der Waals surface area contributed by atoms with Crippen LogP contribution in [0.15, 0.2) is 18.2 Å². The maximum absolute atomic E-state index is 11.7. The molecule has 17 heavy (non-hydrogen) atoms. The predicted molar refractivity (Wildman–Crippen MR) is 65.9 cm³/mol. The number of benzene rings is 1. The number of rotatable bonds is 5. The van der Waals surface area contributed by atoms with E-state index < -0.39 is 0 Å². The molecule has 1 unspecified atom stereocenters. The Morgan fingerprint density at radius 3 is 2.88 bits per heavy atom. The van der Waals surface area contributed by atoms with Gasteiger partial charge >= 0.3 is 0 Å². The van der Waals surface area contributed by atoms with Crippen molar-refractivity contribution in [3.63, 3.8) is 0 Å². The lowest BCUT2D eigenvalue weighted by molar-refractivity contribution is 0.0695. The summed E-state index contributed by atoms with van der Waals surface area (Å²) in [5.41, 5.74) is 6.08. The SMILES string of the molecule is CCOC(C)CNC(=O)c1ccc(N)c(O)c1. The molecule has 0 bridgehead atoms. The fourth-order valence-corrected chi connectivity index (χ4v) is 1.37. The van der Waals surface area contributed by atoms with Crippen molar-refractivity contribution in [2.75, 3.05) is 18.9 Å². The zero-order valence-corrected chi connectivity index (χ0v) is 10.1. The van der Waals surface area contributed by atoms with Crippen molar-refractivity contribution in [3.05, 3.63) is 23.8 Å². The van der Waals surface area contributed by atoms with Crippen molar-refractivity contribution in [1.82, 2.24) is 5.32 Å². The lowest BCUT2D eigenvalue weighted by Crippen LogP contribution is -2.32. The summed E-state index contributed by atoms with van der Waals surface area (Å²) in [6, 6.07) is 4.40. The lowest BCUT2D eigenvalue weighted by atomic mass is 10.2. The monoisotopic (exact) mass is 238 g/mol. The second kappa shape index (κ2) is 6.10. The summed E-state index contributed by atoms with van der Waals surface area (Å²) in [5, 5.41) is 12.1. The van der Waals surface area contributed by atoms with E-state index in [0.29, 0.717) is 18.7 Å². The van der Waals surface area contributed by atoms with Crippen LogP contribution in [0, 0.1) is 0 Å². The van der Waals surface area contributed by atoms with Crippen LogP contribution in [0.25, 0.3) is 0 Å². The van der Waals surface area contributed by atoms with Gasteiger partial charge in [-0.3, -0.25) is 4.79 Å². The molecule has 0 radical (unpaired) electrons. The molecule has 5 heteroatoms. The van der Waals surface area contributed by atoms with Crippen LogP contribution in [0.1, 0.15) is 24.2 Å². The number of hydrogen-bond donors (Lipinski definition) is 3. The van der Waals surface area contributed by atoms with E-state index in [-0.39, 0.29) is 23.4 Å². The van der Waals surface area contributed by atoms with Crippen LogP contribution in [0.3, 0.4) is 0 Å². The van der Waals surface area contributed by atoms with Crippen molar-refractivity contribution in [3.8, 4) is 5.75 Å². The maximum Gasteiger partial charge on any atom is 0.251 e. The van der Waals surface area contributed by atoms with Crippen LogP contribution in [-0.2, 0) is 4.74 Å². The molecule has 1 aromatic rings. The average Bonchev–Trinajstić information content (AvgIpc) is 2.30. The second-order valence-corrected chi connectivity index (χ2v) is 3.75. The number of carbonyl (C=O) groups is 1. The number of phenolic OH excluding ortho intramolecular Hbond substituents is 1. The van der Waals surface area contributed by atoms with Gasteiger partial charge in [0.15, 0.2) is 0 Å². The highest BCUT2D eigenvalue weighted by molar-refractivity contribution is 5.95. The molecular weight excluding hydrogens is 220 g/mol. The van der Waals surface area contributed by atoms with Crippen LogP contribution in [0.2, 0.25) is 0 Å². The number of phenols is 1. The Kier molecular flexibility index (Phi) is 4.78. The fraction of sp³-hybridized carbons (Fsp3) is 0.417. The quantitative estimate of drug-likeness (QED) is 0.530. The molecule has 94 valence electrons. The molecule has 5 nitrogen and oxygen atoms in total. The Morgan fingerprint density at radius 1 is 1.59 bits per heavy atom. The molecular formula is C12H18N2O3. The summed E-state index contributed by atoms with van der Waals surface area (Å²) in [6.07, 6.45) is -0.0358. The summed E-state index contributed by atoms with van der Waals surface area (Å²) in [6.45, 7) is 4.82. The number of nitrogens with one attached hydrogen (secondary N) is 1. The normalized spacial score (nSPS) is 12.1. The van der Waals surface area contributed by atoms with E-state index in [0.717, 1.165) is 0 Å². The third kappa shape index (κ3) is 3.96. The maximum atomic E-state index is 11.7. The molecule has 0 aliphatic carbocycles. The molecule has 0 aliphatic rings. The minimum absolute atomic E-state index is 0.0358. The molecule has 0 heterocycles. The Morgan fingerprint density at radius 2 is 2.29 bits per heavy atom. The van der Waals surface area contributed by atoms with Crippen molar-refractivity contribution in [2.45, 2.75) is 20.0 Å². The highest BCUT2D eigenvalue weighted by atomic mass is 16.5. The van der Waals surface area contributed by atoms with Crippen LogP contribution in [0.5, 0.6) is 5.75 Å². The summed E-state index contributed by atoms with van der Waals surface area (Å²) >= 11 is 0. The van der Waals surface area contributed by atoms with Gasteiger partial charge in [0.1, 0.15) is 5.75 Å². The second-order valence-electron chi connectivity index (χ2n) is 3.75. The number of nitrogen functional groups attached to an aromatic ring is 1. The number of carbonyl (C=O) groups excluding carboxylic acids is 1. The first-order valence-corrected chi connectivity index (χ1v) is 5.53. The van der Waals surface area contributed by atoms with Gasteiger partial charge in [-0.1, -0.05) is 0 Å². The molecule has 0 aliphatic heterocycles. The van der Waals surface area contributed by atoms with E-state index in [1.807, 2.05) is 13.8 Å². The highest BCUT2D eigenvalue weighted by Crippen LogP contribution is 2.20. The molecule has 4 N–H and O–H groups in total. The van der Waals surface area contributed by atoms with Crippen molar-refractivity contribution >= 4 is 11.6 Å². The molecule has 0 aromatic heterocycles. The van der Waals surface area contributed by atoms with Gasteiger partial charge in [-0.25, -0.2) is 0 Å². The minimum Gasteiger partial charge on any atom is -0.506 e. The third-order valence-electron chi connectivity index (χ3n) is 2.29. The molecule has 1 aromatic carbocycles. The van der Waals surface area contributed by atoms with Gasteiger partial charge in [0.2, 0.25) is 0 Å². The smallest absolute Gasteiger partial charge is 0.251 e. The van der Waals surface area contributed by atoms with Crippen molar-refractivity contribution < 1.29 is 14.6 Å². The Hall–Kier alpha value is -1.75. The van der Waals surface area contributed by atoms with Gasteiger partial charge < -0.3 is 20.9 Å². The number of aromatic hydroxyl groups is 1. The molecule has 0 fully saturated rings. The lowest BCUT2D eigenvalue weighted by Gasteiger charge is -2.12. The van der Waals surface area contributed by atoms with Crippen LogP contribution in [0.4, 0.5) is 5.69 Å². The molecule has 0 saturated heterocycles. The molecule has 1 atom stereocenters. The average molecular weight is 238 g/mol. The zero-order chi connectivity index (χ0) is 12.8. The largest absolute Gasteiger partial charge is 0.506 e. The first-order chi connectivity index (χ1) is 8.04. The number of amides is 1. The number of hydrogen-bond acceptors (Lipinski definition) is 4. The van der Waals surface area contributed by atoms with E-state index in [2.05, 4.69) is 5.32 Å². The molecule has 0 saturated carbocycles. The van der Waals surface area contributed by atoms with E-state index in [1.54, 1.807) is 6.07 Å². The molecule has 1 rings (SSSR count). The summed E-state index contributed by atoms with van der Waals surface area (Å²) in [5.74, 6) is -0.345. The van der Waals surface area contributed by atoms with Gasteiger partial charge in [-0.15, -0.1) is 0 Å². The van der Waals surface area contributed by atoms with E-state index in [1.165, 1.54) is 12.1 Å². The number of anilines is 1. The number of nitrogens with two attached hydrogens (primary N) is 1. The van der Waals surface area contributed by atoms with Crippen LogP contribution >= 0.6 is 0 Å². The topological polar surface area (TPSA) is 84.6 Å². The molecule has 1 amide bonds. The standard InChI is InChI=1S/C12H18N2O3/c1-3-17-8(2)7-14-12(16)9-4-5-10(13)11(15)6-9/h4-6,8,15H,3,7,13H2,1-2H3,(H,14,16). The highest BCUT2D eigenvalue weighted by Gasteiger charge is 2.09.